The zero-order valence-corrected chi connectivity index (χ0v) is 14.8. The lowest BCUT2D eigenvalue weighted by Gasteiger charge is -2.11. The van der Waals surface area contributed by atoms with Crippen molar-refractivity contribution in [1.82, 2.24) is 10.2 Å². The normalized spacial score (nSPS) is 16.1. The van der Waals surface area contributed by atoms with Crippen molar-refractivity contribution in [2.24, 2.45) is 0 Å². The highest BCUT2D eigenvalue weighted by atomic mass is 32.2. The Bertz CT molecular complexity index is 1050. The van der Waals surface area contributed by atoms with Crippen LogP contribution in [0.25, 0.3) is 10.8 Å². The number of anilines is 1. The summed E-state index contributed by atoms with van der Waals surface area (Å²) >= 11 is 1.54. The van der Waals surface area contributed by atoms with Crippen molar-refractivity contribution in [3.05, 3.63) is 81.6 Å². The number of benzene rings is 2. The van der Waals surface area contributed by atoms with Gasteiger partial charge in [-0.15, -0.1) is 11.8 Å². The summed E-state index contributed by atoms with van der Waals surface area (Å²) in [4.78, 5) is 24.2. The SMILES string of the molecule is O=C(Nc1cccc(Cc2n[nH]c(=O)c3ccccc23)c1)C1CC=CS1. The number of thioether (sulfide) groups is 1. The third-order valence-corrected chi connectivity index (χ3v) is 5.41. The first-order valence-corrected chi connectivity index (χ1v) is 9.31. The Morgan fingerprint density at radius 2 is 2.04 bits per heavy atom. The quantitative estimate of drug-likeness (QED) is 0.744. The van der Waals surface area contributed by atoms with Gasteiger partial charge in [0.1, 0.15) is 0 Å². The molecule has 0 fully saturated rings. The van der Waals surface area contributed by atoms with Crippen molar-refractivity contribution < 1.29 is 4.79 Å². The fourth-order valence-corrected chi connectivity index (χ4v) is 3.85. The highest BCUT2D eigenvalue weighted by Gasteiger charge is 2.20. The second-order valence-corrected chi connectivity index (χ2v) is 7.26. The average Bonchev–Trinajstić information content (AvgIpc) is 3.20. The molecule has 1 aliphatic heterocycles. The number of carbonyl (C=O) groups excluding carboxylic acids is 1. The van der Waals surface area contributed by atoms with Crippen molar-refractivity contribution in [1.29, 1.82) is 0 Å². The lowest BCUT2D eigenvalue weighted by atomic mass is 10.0. The van der Waals surface area contributed by atoms with Crippen LogP contribution in [0.1, 0.15) is 17.7 Å². The van der Waals surface area contributed by atoms with Gasteiger partial charge in [0.15, 0.2) is 0 Å². The molecule has 0 saturated carbocycles. The molecule has 1 unspecified atom stereocenters. The largest absolute Gasteiger partial charge is 0.325 e. The number of aromatic amines is 1. The lowest BCUT2D eigenvalue weighted by Crippen LogP contribution is -2.23. The van der Waals surface area contributed by atoms with Gasteiger partial charge in [0.25, 0.3) is 5.56 Å². The van der Waals surface area contributed by atoms with E-state index in [-0.39, 0.29) is 16.7 Å². The molecule has 1 aromatic heterocycles. The van der Waals surface area contributed by atoms with E-state index in [1.54, 1.807) is 17.8 Å². The van der Waals surface area contributed by atoms with Crippen LogP contribution in [0.2, 0.25) is 0 Å². The van der Waals surface area contributed by atoms with Crippen molar-refractivity contribution in [2.45, 2.75) is 18.1 Å². The molecule has 0 bridgehead atoms. The Balaban J connectivity index is 1.57. The van der Waals surface area contributed by atoms with E-state index >= 15 is 0 Å². The van der Waals surface area contributed by atoms with Gasteiger partial charge < -0.3 is 5.32 Å². The maximum Gasteiger partial charge on any atom is 0.272 e. The number of aromatic nitrogens is 2. The predicted octanol–water partition coefficient (Wildman–Crippen LogP) is 3.47. The van der Waals surface area contributed by atoms with Crippen molar-refractivity contribution in [2.75, 3.05) is 5.32 Å². The summed E-state index contributed by atoms with van der Waals surface area (Å²) in [6.45, 7) is 0. The third-order valence-electron chi connectivity index (χ3n) is 4.32. The molecule has 0 spiro atoms. The minimum Gasteiger partial charge on any atom is -0.325 e. The number of hydrogen-bond acceptors (Lipinski definition) is 4. The number of fused-ring (bicyclic) bond motifs is 1. The average molecular weight is 363 g/mol. The van der Waals surface area contributed by atoms with E-state index < -0.39 is 0 Å². The molecule has 1 aliphatic rings. The molecular weight excluding hydrogens is 346 g/mol. The van der Waals surface area contributed by atoms with Gasteiger partial charge in [0.05, 0.1) is 16.3 Å². The minimum atomic E-state index is -0.187. The van der Waals surface area contributed by atoms with Gasteiger partial charge in [-0.05, 0) is 35.6 Å². The summed E-state index contributed by atoms with van der Waals surface area (Å²) in [6.07, 6.45) is 3.35. The van der Waals surface area contributed by atoms with Crippen LogP contribution in [0.5, 0.6) is 0 Å². The molecular formula is C20H17N3O2S. The Labute approximate surface area is 154 Å². The zero-order valence-electron chi connectivity index (χ0n) is 13.9. The topological polar surface area (TPSA) is 74.8 Å². The van der Waals surface area contributed by atoms with Gasteiger partial charge in [0.2, 0.25) is 5.91 Å². The number of allylic oxidation sites excluding steroid dienone is 1. The van der Waals surface area contributed by atoms with Crippen LogP contribution in [-0.4, -0.2) is 21.4 Å². The van der Waals surface area contributed by atoms with Crippen LogP contribution in [0, 0.1) is 0 Å². The fraction of sp³-hybridized carbons (Fsp3) is 0.150. The molecule has 130 valence electrons. The standard InChI is InChI=1S/C20H17N3O2S/c24-19-16-8-2-1-7-15(16)17(22-23-19)12-13-5-3-6-14(11-13)21-20(25)18-9-4-10-26-18/h1-8,10-11,18H,9,12H2,(H,21,25)(H,23,24). The number of nitrogens with zero attached hydrogens (tertiary/aromatic N) is 1. The summed E-state index contributed by atoms with van der Waals surface area (Å²) in [5.74, 6) is 0.0183. The summed E-state index contributed by atoms with van der Waals surface area (Å²) < 4.78 is 0. The maximum absolute atomic E-state index is 12.3. The van der Waals surface area contributed by atoms with Crippen molar-refractivity contribution in [3.8, 4) is 0 Å². The molecule has 2 N–H and O–H groups in total. The number of hydrogen-bond donors (Lipinski definition) is 2. The van der Waals surface area contributed by atoms with E-state index in [4.69, 9.17) is 0 Å². The van der Waals surface area contributed by atoms with E-state index in [2.05, 4.69) is 15.5 Å². The number of rotatable bonds is 4. The summed E-state index contributed by atoms with van der Waals surface area (Å²) in [7, 11) is 0. The number of H-pyrrole nitrogens is 1. The predicted molar refractivity (Wildman–Crippen MR) is 105 cm³/mol. The molecule has 5 nitrogen and oxygen atoms in total. The zero-order chi connectivity index (χ0) is 17.9. The van der Waals surface area contributed by atoms with Gasteiger partial charge in [-0.1, -0.05) is 36.4 Å². The number of amides is 1. The third kappa shape index (κ3) is 3.41. The van der Waals surface area contributed by atoms with Crippen molar-refractivity contribution in [3.63, 3.8) is 0 Å². The lowest BCUT2D eigenvalue weighted by molar-refractivity contribution is -0.115. The summed E-state index contributed by atoms with van der Waals surface area (Å²) in [6, 6.07) is 15.2. The molecule has 6 heteroatoms. The summed E-state index contributed by atoms with van der Waals surface area (Å²) in [5.41, 5.74) is 2.41. The van der Waals surface area contributed by atoms with Crippen LogP contribution >= 0.6 is 11.8 Å². The Kier molecular flexibility index (Phi) is 4.58. The van der Waals surface area contributed by atoms with E-state index in [0.29, 0.717) is 11.8 Å². The molecule has 0 saturated heterocycles. The van der Waals surface area contributed by atoms with Gasteiger partial charge in [-0.25, -0.2) is 5.10 Å². The van der Waals surface area contributed by atoms with Crippen LogP contribution in [0.3, 0.4) is 0 Å². The smallest absolute Gasteiger partial charge is 0.272 e. The van der Waals surface area contributed by atoms with E-state index in [9.17, 15) is 9.59 Å². The van der Waals surface area contributed by atoms with E-state index in [1.165, 1.54) is 0 Å². The van der Waals surface area contributed by atoms with Gasteiger partial charge in [-0.3, -0.25) is 9.59 Å². The van der Waals surface area contributed by atoms with Crippen LogP contribution in [0.15, 0.2) is 64.8 Å². The van der Waals surface area contributed by atoms with Crippen molar-refractivity contribution >= 4 is 34.1 Å². The first-order valence-electron chi connectivity index (χ1n) is 8.37. The molecule has 4 rings (SSSR count). The Hall–Kier alpha value is -2.86. The second-order valence-electron chi connectivity index (χ2n) is 6.14. The maximum atomic E-state index is 12.3. The molecule has 0 radical (unpaired) electrons. The molecule has 2 heterocycles. The molecule has 3 aromatic rings. The van der Waals surface area contributed by atoms with Gasteiger partial charge in [-0.2, -0.15) is 5.10 Å². The number of carbonyl (C=O) groups is 1. The highest BCUT2D eigenvalue weighted by molar-refractivity contribution is 8.03. The first kappa shape index (κ1) is 16.6. The van der Waals surface area contributed by atoms with Crippen LogP contribution in [-0.2, 0) is 11.2 Å². The van der Waals surface area contributed by atoms with Gasteiger partial charge >= 0.3 is 0 Å². The molecule has 26 heavy (non-hydrogen) atoms. The van der Waals surface area contributed by atoms with Crippen LogP contribution < -0.4 is 10.9 Å². The Morgan fingerprint density at radius 1 is 1.19 bits per heavy atom. The highest BCUT2D eigenvalue weighted by Crippen LogP contribution is 2.25. The van der Waals surface area contributed by atoms with Crippen LogP contribution in [0.4, 0.5) is 5.69 Å². The van der Waals surface area contributed by atoms with Gasteiger partial charge in [0, 0.05) is 17.5 Å². The first-order chi connectivity index (χ1) is 12.7. The van der Waals surface area contributed by atoms with E-state index in [0.717, 1.165) is 28.8 Å². The summed E-state index contributed by atoms with van der Waals surface area (Å²) in [5, 5.41) is 13.2. The number of nitrogens with one attached hydrogen (secondary N) is 2. The fourth-order valence-electron chi connectivity index (χ4n) is 3.04. The monoisotopic (exact) mass is 363 g/mol. The Morgan fingerprint density at radius 3 is 2.85 bits per heavy atom. The molecule has 1 atom stereocenters. The molecule has 1 amide bonds. The minimum absolute atomic E-state index is 0.0183. The second kappa shape index (κ2) is 7.17. The molecule has 2 aromatic carbocycles. The van der Waals surface area contributed by atoms with E-state index in [1.807, 2.05) is 53.9 Å². The molecule has 0 aliphatic carbocycles.